The zero-order chi connectivity index (χ0) is 17.7. The molecule has 0 aliphatic carbocycles. The van der Waals surface area contributed by atoms with Crippen LogP contribution in [0.2, 0.25) is 10.0 Å². The van der Waals surface area contributed by atoms with Crippen LogP contribution in [0.25, 0.3) is 0 Å². The van der Waals surface area contributed by atoms with Gasteiger partial charge in [0.15, 0.2) is 5.16 Å². The lowest BCUT2D eigenvalue weighted by Gasteiger charge is -2.09. The number of nitrogens with one attached hydrogen (secondary N) is 1. The Bertz CT molecular complexity index is 768. The summed E-state index contributed by atoms with van der Waals surface area (Å²) >= 11 is 12.8. The number of hydrogen-bond acceptors (Lipinski definition) is 7. The van der Waals surface area contributed by atoms with Crippen LogP contribution in [-0.2, 0) is 20.9 Å². The van der Waals surface area contributed by atoms with E-state index in [0.717, 1.165) is 11.8 Å². The van der Waals surface area contributed by atoms with Crippen LogP contribution < -0.4 is 11.1 Å². The Balaban J connectivity index is 2.04. The maximum atomic E-state index is 12.2. The van der Waals surface area contributed by atoms with E-state index in [-0.39, 0.29) is 24.2 Å². The van der Waals surface area contributed by atoms with Crippen LogP contribution in [0.1, 0.15) is 0 Å². The number of amides is 1. The van der Waals surface area contributed by atoms with Gasteiger partial charge in [-0.15, -0.1) is 10.2 Å². The van der Waals surface area contributed by atoms with Crippen LogP contribution in [0.4, 0.5) is 11.6 Å². The summed E-state index contributed by atoms with van der Waals surface area (Å²) in [6.07, 6.45) is 0. The van der Waals surface area contributed by atoms with Crippen molar-refractivity contribution in [1.82, 2.24) is 14.8 Å². The molecule has 11 heteroatoms. The van der Waals surface area contributed by atoms with Crippen LogP contribution in [-0.4, -0.2) is 39.5 Å². The molecule has 0 aliphatic heterocycles. The quantitative estimate of drug-likeness (QED) is 0.574. The summed E-state index contributed by atoms with van der Waals surface area (Å²) in [5.41, 5.74) is 6.20. The number of ether oxygens (including phenoxy) is 1. The first-order valence-corrected chi connectivity index (χ1v) is 8.28. The van der Waals surface area contributed by atoms with Crippen LogP contribution in [0.3, 0.4) is 0 Å². The monoisotopic (exact) mass is 389 g/mol. The van der Waals surface area contributed by atoms with Gasteiger partial charge in [-0.05, 0) is 18.2 Å². The first-order valence-electron chi connectivity index (χ1n) is 6.54. The molecule has 1 heterocycles. The topological polar surface area (TPSA) is 112 Å². The number of anilines is 2. The van der Waals surface area contributed by atoms with Gasteiger partial charge in [0.1, 0.15) is 6.54 Å². The molecule has 0 spiro atoms. The van der Waals surface area contributed by atoms with E-state index in [9.17, 15) is 9.59 Å². The van der Waals surface area contributed by atoms with E-state index in [4.69, 9.17) is 28.9 Å². The lowest BCUT2D eigenvalue weighted by atomic mass is 10.3. The predicted octanol–water partition coefficient (Wildman–Crippen LogP) is 2.07. The number of rotatable bonds is 6. The van der Waals surface area contributed by atoms with Gasteiger partial charge in [0.2, 0.25) is 11.9 Å². The number of thioether (sulfide) groups is 1. The van der Waals surface area contributed by atoms with E-state index in [1.165, 1.54) is 17.7 Å². The number of carbonyl (C=O) groups is 2. The number of halogens is 2. The summed E-state index contributed by atoms with van der Waals surface area (Å²) < 4.78 is 5.94. The van der Waals surface area contributed by atoms with Gasteiger partial charge in [-0.25, -0.2) is 0 Å². The number of methoxy groups -OCH3 is 1. The Hall–Kier alpha value is -1.97. The molecule has 1 amide bonds. The van der Waals surface area contributed by atoms with E-state index >= 15 is 0 Å². The largest absolute Gasteiger partial charge is 0.468 e. The van der Waals surface area contributed by atoms with Gasteiger partial charge in [-0.2, -0.15) is 0 Å². The van der Waals surface area contributed by atoms with Crippen LogP contribution in [0.5, 0.6) is 0 Å². The van der Waals surface area contributed by atoms with Crippen molar-refractivity contribution in [2.24, 2.45) is 0 Å². The molecule has 2 rings (SSSR count). The fourth-order valence-electron chi connectivity index (χ4n) is 1.66. The van der Waals surface area contributed by atoms with Gasteiger partial charge in [0.05, 0.1) is 22.9 Å². The zero-order valence-electron chi connectivity index (χ0n) is 12.5. The predicted molar refractivity (Wildman–Crippen MR) is 92.3 cm³/mol. The Morgan fingerprint density at radius 2 is 2.08 bits per heavy atom. The molecule has 0 atom stereocenters. The van der Waals surface area contributed by atoms with Crippen molar-refractivity contribution >= 4 is 58.5 Å². The van der Waals surface area contributed by atoms with Crippen LogP contribution >= 0.6 is 35.0 Å². The van der Waals surface area contributed by atoms with E-state index in [1.54, 1.807) is 12.1 Å². The Kier molecular flexibility index (Phi) is 6.29. The standard InChI is InChI=1S/C13H13Cl2N5O3S/c1-23-11(22)6-24-13-19-18-12(16)20(13)5-10(21)17-7-2-3-8(14)9(15)4-7/h2-4H,5-6H2,1H3,(H2,16,18)(H,17,21). The molecule has 0 saturated heterocycles. The van der Waals surface area contributed by atoms with E-state index in [1.807, 2.05) is 0 Å². The molecule has 3 N–H and O–H groups in total. The molecule has 1 aromatic heterocycles. The molecule has 128 valence electrons. The molecule has 2 aromatic rings. The maximum Gasteiger partial charge on any atom is 0.316 e. The van der Waals surface area contributed by atoms with Gasteiger partial charge in [0.25, 0.3) is 0 Å². The summed E-state index contributed by atoms with van der Waals surface area (Å²) in [7, 11) is 1.28. The molecule has 8 nitrogen and oxygen atoms in total. The Morgan fingerprint density at radius 3 is 2.75 bits per heavy atom. The summed E-state index contributed by atoms with van der Waals surface area (Å²) in [6, 6.07) is 4.73. The molecule has 0 unspecified atom stereocenters. The van der Waals surface area contributed by atoms with Crippen molar-refractivity contribution in [3.63, 3.8) is 0 Å². The fraction of sp³-hybridized carbons (Fsp3) is 0.231. The first-order chi connectivity index (χ1) is 11.4. The lowest BCUT2D eigenvalue weighted by Crippen LogP contribution is -2.20. The molecular weight excluding hydrogens is 377 g/mol. The van der Waals surface area contributed by atoms with Crippen molar-refractivity contribution < 1.29 is 14.3 Å². The minimum atomic E-state index is -0.423. The number of hydrogen-bond donors (Lipinski definition) is 2. The van der Waals surface area contributed by atoms with Gasteiger partial charge in [-0.3, -0.25) is 14.2 Å². The van der Waals surface area contributed by atoms with E-state index in [0.29, 0.717) is 20.9 Å². The average molecular weight is 390 g/mol. The first kappa shape index (κ1) is 18.4. The highest BCUT2D eigenvalue weighted by Gasteiger charge is 2.15. The van der Waals surface area contributed by atoms with Gasteiger partial charge in [0, 0.05) is 5.69 Å². The number of esters is 1. The van der Waals surface area contributed by atoms with Crippen molar-refractivity contribution in [2.45, 2.75) is 11.7 Å². The molecular formula is C13H13Cl2N5O3S. The van der Waals surface area contributed by atoms with Gasteiger partial charge in [-0.1, -0.05) is 35.0 Å². The summed E-state index contributed by atoms with van der Waals surface area (Å²) in [4.78, 5) is 23.3. The minimum Gasteiger partial charge on any atom is -0.468 e. The zero-order valence-corrected chi connectivity index (χ0v) is 14.8. The third kappa shape index (κ3) is 4.76. The number of benzene rings is 1. The second kappa shape index (κ2) is 8.22. The SMILES string of the molecule is COC(=O)CSc1nnc(N)n1CC(=O)Nc1ccc(Cl)c(Cl)c1. The van der Waals surface area contributed by atoms with Crippen LogP contribution in [0, 0.1) is 0 Å². The Morgan fingerprint density at radius 1 is 1.33 bits per heavy atom. The number of nitrogens with two attached hydrogens (primary N) is 1. The van der Waals surface area contributed by atoms with Crippen molar-refractivity contribution in [2.75, 3.05) is 23.9 Å². The maximum absolute atomic E-state index is 12.2. The molecule has 1 aromatic carbocycles. The molecule has 0 fully saturated rings. The number of nitrogen functional groups attached to an aromatic ring is 1. The third-order valence-corrected chi connectivity index (χ3v) is 4.48. The van der Waals surface area contributed by atoms with Crippen molar-refractivity contribution in [1.29, 1.82) is 0 Å². The van der Waals surface area contributed by atoms with E-state index in [2.05, 4.69) is 20.3 Å². The molecule has 0 saturated carbocycles. The summed E-state index contributed by atoms with van der Waals surface area (Å²) in [5.74, 6) is -0.692. The molecule has 0 aliphatic rings. The molecule has 0 radical (unpaired) electrons. The van der Waals surface area contributed by atoms with Crippen LogP contribution in [0.15, 0.2) is 23.4 Å². The second-order valence-electron chi connectivity index (χ2n) is 4.47. The molecule has 0 bridgehead atoms. The number of aromatic nitrogens is 3. The third-order valence-electron chi connectivity index (χ3n) is 2.80. The second-order valence-corrected chi connectivity index (χ2v) is 6.23. The number of nitrogens with zero attached hydrogens (tertiary/aromatic N) is 3. The summed E-state index contributed by atoms with van der Waals surface area (Å²) in [6.45, 7) is -0.122. The van der Waals surface area contributed by atoms with Gasteiger partial charge >= 0.3 is 5.97 Å². The highest BCUT2D eigenvalue weighted by molar-refractivity contribution is 7.99. The average Bonchev–Trinajstić information content (AvgIpc) is 2.89. The lowest BCUT2D eigenvalue weighted by molar-refractivity contribution is -0.137. The smallest absolute Gasteiger partial charge is 0.316 e. The normalized spacial score (nSPS) is 10.5. The van der Waals surface area contributed by atoms with E-state index < -0.39 is 5.97 Å². The minimum absolute atomic E-state index is 0.0308. The van der Waals surface area contributed by atoms with Crippen molar-refractivity contribution in [3.05, 3.63) is 28.2 Å². The summed E-state index contributed by atoms with van der Waals surface area (Å²) in [5, 5.41) is 11.3. The molecule has 24 heavy (non-hydrogen) atoms. The Labute approximate surface area is 151 Å². The number of carbonyl (C=O) groups excluding carboxylic acids is 2. The highest BCUT2D eigenvalue weighted by atomic mass is 35.5. The van der Waals surface area contributed by atoms with Crippen molar-refractivity contribution in [3.8, 4) is 0 Å². The highest BCUT2D eigenvalue weighted by Crippen LogP contribution is 2.25. The van der Waals surface area contributed by atoms with Gasteiger partial charge < -0.3 is 15.8 Å². The fourth-order valence-corrected chi connectivity index (χ4v) is 2.73.